The van der Waals surface area contributed by atoms with Gasteiger partial charge in [-0.1, -0.05) is 12.8 Å². The molecule has 1 aliphatic heterocycles. The van der Waals surface area contributed by atoms with Crippen LogP contribution in [0.3, 0.4) is 0 Å². The van der Waals surface area contributed by atoms with Crippen LogP contribution in [0.25, 0.3) is 0 Å². The second kappa shape index (κ2) is 6.31. The van der Waals surface area contributed by atoms with Crippen LogP contribution in [0.1, 0.15) is 61.6 Å². The Bertz CT molecular complexity index is 627. The van der Waals surface area contributed by atoms with Gasteiger partial charge in [-0.2, -0.15) is 0 Å². The van der Waals surface area contributed by atoms with Gasteiger partial charge in [0.1, 0.15) is 5.82 Å². The molecule has 1 N–H and O–H groups in total. The van der Waals surface area contributed by atoms with Crippen LogP contribution in [0.4, 0.5) is 4.79 Å². The molecule has 0 unspecified atom stereocenters. The average molecular weight is 330 g/mol. The van der Waals surface area contributed by atoms with Crippen molar-refractivity contribution in [2.45, 2.75) is 63.5 Å². The summed E-state index contributed by atoms with van der Waals surface area (Å²) in [5, 5.41) is 3.22. The number of aryl methyl sites for hydroxylation is 2. The van der Waals surface area contributed by atoms with Crippen LogP contribution in [0, 0.1) is 6.92 Å². The maximum Gasteiger partial charge on any atom is 0.318 e. The van der Waals surface area contributed by atoms with E-state index in [0.717, 1.165) is 55.7 Å². The lowest BCUT2D eigenvalue weighted by Gasteiger charge is -2.41. The summed E-state index contributed by atoms with van der Waals surface area (Å²) in [6, 6.07) is 0.0622. The van der Waals surface area contributed by atoms with Gasteiger partial charge in [0.05, 0.1) is 24.8 Å². The zero-order valence-corrected chi connectivity index (χ0v) is 14.4. The number of amides is 2. The largest absolute Gasteiger partial charge is 0.371 e. The summed E-state index contributed by atoms with van der Waals surface area (Å²) in [7, 11) is 0. The van der Waals surface area contributed by atoms with Crippen molar-refractivity contribution in [3.63, 3.8) is 0 Å². The van der Waals surface area contributed by atoms with E-state index in [1.807, 2.05) is 18.0 Å². The van der Waals surface area contributed by atoms with Gasteiger partial charge in [-0.25, -0.2) is 14.8 Å². The number of ether oxygens (including phenoxy) is 1. The molecular formula is C18H26N4O2. The molecule has 0 aromatic carbocycles. The molecule has 1 aromatic heterocycles. The molecule has 0 bridgehead atoms. The predicted molar refractivity (Wildman–Crippen MR) is 89.7 cm³/mol. The second-order valence-electron chi connectivity index (χ2n) is 7.37. The van der Waals surface area contributed by atoms with Crippen LogP contribution in [0.15, 0.2) is 6.20 Å². The predicted octanol–water partition coefficient (Wildman–Crippen LogP) is 2.52. The Morgan fingerprint density at radius 3 is 3.04 bits per heavy atom. The molecule has 3 aliphatic rings. The number of aromatic nitrogens is 2. The molecule has 6 nitrogen and oxygen atoms in total. The number of hydrogen-bond acceptors (Lipinski definition) is 4. The van der Waals surface area contributed by atoms with Crippen molar-refractivity contribution in [2.75, 3.05) is 19.7 Å². The molecule has 0 radical (unpaired) electrons. The summed E-state index contributed by atoms with van der Waals surface area (Å²) in [6.45, 7) is 3.97. The van der Waals surface area contributed by atoms with Crippen molar-refractivity contribution >= 4 is 6.03 Å². The topological polar surface area (TPSA) is 67.4 Å². The molecule has 1 spiro atoms. The van der Waals surface area contributed by atoms with Crippen molar-refractivity contribution in [1.82, 2.24) is 20.2 Å². The van der Waals surface area contributed by atoms with Gasteiger partial charge < -0.3 is 15.0 Å². The van der Waals surface area contributed by atoms with Gasteiger partial charge in [0, 0.05) is 24.0 Å². The van der Waals surface area contributed by atoms with Crippen molar-refractivity contribution in [3.05, 3.63) is 23.3 Å². The summed E-state index contributed by atoms with van der Waals surface area (Å²) in [5.41, 5.74) is 2.10. The summed E-state index contributed by atoms with van der Waals surface area (Å²) in [6.07, 6.45) is 9.46. The SMILES string of the molecule is Cc1ncc2c(n1)CCC[C@H]2NC(=O)N1CCOC2(CCCC2)C1. The number of nitrogens with one attached hydrogen (secondary N) is 1. The van der Waals surface area contributed by atoms with Crippen LogP contribution in [-0.4, -0.2) is 46.2 Å². The Labute approximate surface area is 143 Å². The van der Waals surface area contributed by atoms with Crippen LogP contribution in [0.2, 0.25) is 0 Å². The maximum absolute atomic E-state index is 12.8. The summed E-state index contributed by atoms with van der Waals surface area (Å²) < 4.78 is 6.02. The number of carbonyl (C=O) groups is 1. The van der Waals surface area contributed by atoms with Crippen molar-refractivity contribution in [3.8, 4) is 0 Å². The Morgan fingerprint density at radius 1 is 1.38 bits per heavy atom. The van der Waals surface area contributed by atoms with E-state index in [-0.39, 0.29) is 17.7 Å². The minimum absolute atomic E-state index is 0.0306. The van der Waals surface area contributed by atoms with Crippen LogP contribution >= 0.6 is 0 Å². The molecule has 24 heavy (non-hydrogen) atoms. The van der Waals surface area contributed by atoms with E-state index < -0.39 is 0 Å². The number of morpholine rings is 1. The first-order valence-corrected chi connectivity index (χ1v) is 9.17. The molecule has 1 atom stereocenters. The van der Waals surface area contributed by atoms with Crippen molar-refractivity contribution in [2.24, 2.45) is 0 Å². The minimum atomic E-state index is -0.0831. The lowest BCUT2D eigenvalue weighted by atomic mass is 9.92. The quantitative estimate of drug-likeness (QED) is 0.859. The third-order valence-electron chi connectivity index (χ3n) is 5.65. The molecule has 2 amide bonds. The zero-order chi connectivity index (χ0) is 16.6. The van der Waals surface area contributed by atoms with Gasteiger partial charge in [-0.3, -0.25) is 0 Å². The van der Waals surface area contributed by atoms with Gasteiger partial charge in [0.15, 0.2) is 0 Å². The Kier molecular flexibility index (Phi) is 4.16. The molecule has 2 heterocycles. The molecule has 1 saturated carbocycles. The first-order valence-electron chi connectivity index (χ1n) is 9.17. The number of urea groups is 1. The third kappa shape index (κ3) is 2.99. The van der Waals surface area contributed by atoms with Gasteiger partial charge in [0.25, 0.3) is 0 Å². The smallest absolute Gasteiger partial charge is 0.318 e. The fourth-order valence-corrected chi connectivity index (χ4v) is 4.38. The molecule has 1 aromatic rings. The average Bonchev–Trinajstić information content (AvgIpc) is 3.02. The fraction of sp³-hybridized carbons (Fsp3) is 0.722. The van der Waals surface area contributed by atoms with Gasteiger partial charge in [0.2, 0.25) is 0 Å². The Balaban J connectivity index is 1.45. The number of carbonyl (C=O) groups excluding carboxylic acids is 1. The first kappa shape index (κ1) is 15.8. The number of rotatable bonds is 1. The van der Waals surface area contributed by atoms with Gasteiger partial charge in [-0.15, -0.1) is 0 Å². The molecule has 4 rings (SSSR count). The fourth-order valence-electron chi connectivity index (χ4n) is 4.38. The van der Waals surface area contributed by atoms with E-state index in [9.17, 15) is 4.79 Å². The first-order chi connectivity index (χ1) is 11.7. The summed E-state index contributed by atoms with van der Waals surface area (Å²) in [5.74, 6) is 0.803. The second-order valence-corrected chi connectivity index (χ2v) is 7.37. The van der Waals surface area contributed by atoms with E-state index in [2.05, 4.69) is 15.3 Å². The van der Waals surface area contributed by atoms with E-state index in [0.29, 0.717) is 13.2 Å². The van der Waals surface area contributed by atoms with E-state index in [1.54, 1.807) is 0 Å². The van der Waals surface area contributed by atoms with Crippen LogP contribution in [-0.2, 0) is 11.2 Å². The zero-order valence-electron chi connectivity index (χ0n) is 14.4. The van der Waals surface area contributed by atoms with Crippen molar-refractivity contribution < 1.29 is 9.53 Å². The highest BCUT2D eigenvalue weighted by Gasteiger charge is 2.41. The van der Waals surface area contributed by atoms with Crippen molar-refractivity contribution in [1.29, 1.82) is 0 Å². The van der Waals surface area contributed by atoms with E-state index in [4.69, 9.17) is 4.74 Å². The molecule has 2 aliphatic carbocycles. The standard InChI is InChI=1S/C18H26N4O2/c1-13-19-11-14-15(20-13)5-4-6-16(14)21-17(23)22-9-10-24-18(12-22)7-2-3-8-18/h11,16H,2-10,12H2,1H3,(H,21,23)/t16-/m1/s1. The highest BCUT2D eigenvalue weighted by Crippen LogP contribution is 2.36. The van der Waals surface area contributed by atoms with Gasteiger partial charge in [-0.05, 0) is 39.0 Å². The lowest BCUT2D eigenvalue weighted by Crippen LogP contribution is -2.55. The van der Waals surface area contributed by atoms with E-state index >= 15 is 0 Å². The highest BCUT2D eigenvalue weighted by molar-refractivity contribution is 5.75. The molecular weight excluding hydrogens is 304 g/mol. The summed E-state index contributed by atoms with van der Waals surface area (Å²) >= 11 is 0. The summed E-state index contributed by atoms with van der Waals surface area (Å²) in [4.78, 5) is 23.6. The monoisotopic (exact) mass is 330 g/mol. The minimum Gasteiger partial charge on any atom is -0.371 e. The molecule has 2 fully saturated rings. The normalized spacial score (nSPS) is 25.5. The third-order valence-corrected chi connectivity index (χ3v) is 5.65. The van der Waals surface area contributed by atoms with E-state index in [1.165, 1.54) is 12.8 Å². The van der Waals surface area contributed by atoms with Crippen LogP contribution in [0.5, 0.6) is 0 Å². The number of hydrogen-bond donors (Lipinski definition) is 1. The highest BCUT2D eigenvalue weighted by atomic mass is 16.5. The maximum atomic E-state index is 12.8. The van der Waals surface area contributed by atoms with Crippen LogP contribution < -0.4 is 5.32 Å². The van der Waals surface area contributed by atoms with Gasteiger partial charge >= 0.3 is 6.03 Å². The molecule has 6 heteroatoms. The number of nitrogens with zero attached hydrogens (tertiary/aromatic N) is 3. The molecule has 130 valence electrons. The lowest BCUT2D eigenvalue weighted by molar-refractivity contribution is -0.0927. The number of fused-ring (bicyclic) bond motifs is 1. The molecule has 1 saturated heterocycles. The Morgan fingerprint density at radius 2 is 2.21 bits per heavy atom. The Hall–Kier alpha value is -1.69.